The normalized spacial score (nSPS) is 11.8. The van der Waals surface area contributed by atoms with Crippen LogP contribution < -0.4 is 0 Å². The number of hydrogen-bond donors (Lipinski definition) is 0. The summed E-state index contributed by atoms with van der Waals surface area (Å²) in [7, 11) is -1.25. The number of rotatable bonds is 9. The van der Waals surface area contributed by atoms with Crippen LogP contribution in [0.1, 0.15) is 18.9 Å². The molecule has 1 aromatic carbocycles. The van der Waals surface area contributed by atoms with Gasteiger partial charge in [-0.15, -0.1) is 0 Å². The Morgan fingerprint density at radius 2 is 2.11 bits per heavy atom. The fourth-order valence-electron chi connectivity index (χ4n) is 1.90. The second-order valence-corrected chi connectivity index (χ2v) is 6.84. The van der Waals surface area contributed by atoms with E-state index in [0.29, 0.717) is 6.61 Å². The molecule has 0 aliphatic rings. The maximum absolute atomic E-state index is 10.9. The molecule has 0 aliphatic carbocycles. The monoisotopic (exact) mass is 278 g/mol. The van der Waals surface area contributed by atoms with E-state index in [-0.39, 0.29) is 5.97 Å². The second kappa shape index (κ2) is 9.53. The van der Waals surface area contributed by atoms with E-state index in [1.54, 1.807) is 0 Å². The van der Waals surface area contributed by atoms with Gasteiger partial charge in [-0.1, -0.05) is 36.9 Å². The molecular formula is C15H22O3Si. The van der Waals surface area contributed by atoms with Crippen molar-refractivity contribution in [1.82, 2.24) is 0 Å². The molecule has 0 saturated carbocycles. The fraction of sp³-hybridized carbons (Fsp3) is 0.400. The Hall–Kier alpha value is -1.39. The van der Waals surface area contributed by atoms with Crippen LogP contribution in [0, 0.1) is 0 Å². The predicted octanol–water partition coefficient (Wildman–Crippen LogP) is 2.65. The summed E-state index contributed by atoms with van der Waals surface area (Å²) in [4.78, 5) is 10.9. The van der Waals surface area contributed by atoms with Gasteiger partial charge in [0, 0.05) is 12.7 Å². The highest BCUT2D eigenvalue weighted by molar-refractivity contribution is 6.51. The van der Waals surface area contributed by atoms with Gasteiger partial charge < -0.3 is 9.16 Å². The number of carbonyl (C=O) groups excluding carboxylic acids is 1. The summed E-state index contributed by atoms with van der Waals surface area (Å²) in [5.41, 5.74) is 1.33. The van der Waals surface area contributed by atoms with E-state index in [1.807, 2.05) is 13.0 Å². The SMILES string of the molecule is C=CC(=O)OCCC[SiH](Cc1ccccc1)OCC. The van der Waals surface area contributed by atoms with Crippen LogP contribution in [0.3, 0.4) is 0 Å². The molecule has 0 N–H and O–H groups in total. The van der Waals surface area contributed by atoms with E-state index in [2.05, 4.69) is 30.8 Å². The summed E-state index contributed by atoms with van der Waals surface area (Å²) < 4.78 is 10.8. The van der Waals surface area contributed by atoms with Crippen molar-refractivity contribution in [2.45, 2.75) is 25.4 Å². The maximum atomic E-state index is 10.9. The largest absolute Gasteiger partial charge is 0.463 e. The van der Waals surface area contributed by atoms with Gasteiger partial charge in [0.1, 0.15) is 0 Å². The minimum atomic E-state index is -1.25. The zero-order valence-corrected chi connectivity index (χ0v) is 12.7. The molecule has 0 amide bonds. The number of carbonyl (C=O) groups is 1. The molecule has 0 aliphatic heterocycles. The fourth-order valence-corrected chi connectivity index (χ4v) is 4.28. The van der Waals surface area contributed by atoms with Gasteiger partial charge in [-0.25, -0.2) is 4.79 Å². The van der Waals surface area contributed by atoms with Crippen molar-refractivity contribution in [3.8, 4) is 0 Å². The van der Waals surface area contributed by atoms with E-state index < -0.39 is 9.04 Å². The van der Waals surface area contributed by atoms with E-state index in [0.717, 1.165) is 25.1 Å². The summed E-state index contributed by atoms with van der Waals surface area (Å²) in [6.45, 7) is 6.61. The first kappa shape index (κ1) is 15.7. The molecule has 1 aromatic rings. The Morgan fingerprint density at radius 1 is 1.37 bits per heavy atom. The van der Waals surface area contributed by atoms with Crippen molar-refractivity contribution in [3.05, 3.63) is 48.6 Å². The third kappa shape index (κ3) is 6.93. The first-order valence-corrected chi connectivity index (χ1v) is 8.81. The minimum absolute atomic E-state index is 0.349. The van der Waals surface area contributed by atoms with E-state index in [4.69, 9.17) is 9.16 Å². The summed E-state index contributed by atoms with van der Waals surface area (Å²) in [5.74, 6) is -0.349. The summed E-state index contributed by atoms with van der Waals surface area (Å²) >= 11 is 0. The number of ether oxygens (including phenoxy) is 1. The molecule has 0 spiro atoms. The summed E-state index contributed by atoms with van der Waals surface area (Å²) in [6.07, 6.45) is 2.06. The molecule has 0 saturated heterocycles. The van der Waals surface area contributed by atoms with Crippen molar-refractivity contribution in [2.75, 3.05) is 13.2 Å². The molecule has 1 atom stereocenters. The van der Waals surface area contributed by atoms with Gasteiger partial charge in [0.15, 0.2) is 9.04 Å². The highest BCUT2D eigenvalue weighted by Crippen LogP contribution is 2.09. The van der Waals surface area contributed by atoms with Crippen LogP contribution in [0.25, 0.3) is 0 Å². The first-order chi connectivity index (χ1) is 9.26. The zero-order valence-electron chi connectivity index (χ0n) is 11.5. The van der Waals surface area contributed by atoms with Crippen LogP contribution >= 0.6 is 0 Å². The summed E-state index contributed by atoms with van der Waals surface area (Å²) in [5, 5.41) is 0. The van der Waals surface area contributed by atoms with Crippen LogP contribution in [0.4, 0.5) is 0 Å². The van der Waals surface area contributed by atoms with Crippen molar-refractivity contribution in [3.63, 3.8) is 0 Å². The third-order valence-corrected chi connectivity index (χ3v) is 5.57. The molecule has 0 fully saturated rings. The van der Waals surface area contributed by atoms with Crippen molar-refractivity contribution >= 4 is 15.0 Å². The maximum Gasteiger partial charge on any atom is 0.330 e. The smallest absolute Gasteiger partial charge is 0.330 e. The van der Waals surface area contributed by atoms with Crippen molar-refractivity contribution in [1.29, 1.82) is 0 Å². The van der Waals surface area contributed by atoms with Crippen LogP contribution in [0.15, 0.2) is 43.0 Å². The average Bonchev–Trinajstić information content (AvgIpc) is 2.44. The quantitative estimate of drug-likeness (QED) is 0.301. The lowest BCUT2D eigenvalue weighted by Crippen LogP contribution is -2.22. The Balaban J connectivity index is 2.32. The minimum Gasteiger partial charge on any atom is -0.463 e. The van der Waals surface area contributed by atoms with E-state index in [9.17, 15) is 4.79 Å². The van der Waals surface area contributed by atoms with Gasteiger partial charge in [0.2, 0.25) is 0 Å². The van der Waals surface area contributed by atoms with Crippen LogP contribution in [-0.4, -0.2) is 28.2 Å². The molecule has 0 heterocycles. The molecule has 104 valence electrons. The van der Waals surface area contributed by atoms with Crippen LogP contribution in [-0.2, 0) is 20.0 Å². The number of benzene rings is 1. The van der Waals surface area contributed by atoms with Crippen LogP contribution in [0.5, 0.6) is 0 Å². The first-order valence-electron chi connectivity index (χ1n) is 6.71. The highest BCUT2D eigenvalue weighted by atomic mass is 28.3. The van der Waals surface area contributed by atoms with Crippen molar-refractivity contribution < 1.29 is 14.0 Å². The molecule has 3 nitrogen and oxygen atoms in total. The Labute approximate surface area is 117 Å². The Bertz CT molecular complexity index is 378. The molecule has 4 heteroatoms. The lowest BCUT2D eigenvalue weighted by Gasteiger charge is -2.15. The molecular weight excluding hydrogens is 256 g/mol. The molecule has 1 rings (SSSR count). The predicted molar refractivity (Wildman–Crippen MR) is 79.5 cm³/mol. The summed E-state index contributed by atoms with van der Waals surface area (Å²) in [6, 6.07) is 12.5. The van der Waals surface area contributed by atoms with E-state index >= 15 is 0 Å². The highest BCUT2D eigenvalue weighted by Gasteiger charge is 2.12. The molecule has 19 heavy (non-hydrogen) atoms. The van der Waals surface area contributed by atoms with Gasteiger partial charge in [-0.05, 0) is 31.0 Å². The Kier molecular flexibility index (Phi) is 7.85. The standard InChI is InChI=1S/C15H22O3Si/c1-3-15(16)17-11-8-12-19(18-4-2)13-14-9-6-5-7-10-14/h3,5-7,9-10,19H,1,4,8,11-13H2,2H3. The van der Waals surface area contributed by atoms with Gasteiger partial charge in [0.25, 0.3) is 0 Å². The number of esters is 1. The third-order valence-electron chi connectivity index (χ3n) is 2.79. The lowest BCUT2D eigenvalue weighted by molar-refractivity contribution is -0.137. The molecule has 0 bridgehead atoms. The van der Waals surface area contributed by atoms with Gasteiger partial charge in [-0.2, -0.15) is 0 Å². The average molecular weight is 278 g/mol. The van der Waals surface area contributed by atoms with Crippen molar-refractivity contribution in [2.24, 2.45) is 0 Å². The molecule has 0 radical (unpaired) electrons. The topological polar surface area (TPSA) is 35.5 Å². The van der Waals surface area contributed by atoms with E-state index in [1.165, 1.54) is 11.6 Å². The van der Waals surface area contributed by atoms with Gasteiger partial charge in [0.05, 0.1) is 6.61 Å². The molecule has 1 unspecified atom stereocenters. The zero-order chi connectivity index (χ0) is 13.9. The van der Waals surface area contributed by atoms with Gasteiger partial charge >= 0.3 is 5.97 Å². The van der Waals surface area contributed by atoms with Gasteiger partial charge in [-0.3, -0.25) is 0 Å². The van der Waals surface area contributed by atoms with Crippen LogP contribution in [0.2, 0.25) is 6.04 Å². The molecule has 0 aromatic heterocycles. The number of hydrogen-bond acceptors (Lipinski definition) is 3. The lowest BCUT2D eigenvalue weighted by atomic mass is 10.2. The Morgan fingerprint density at radius 3 is 2.74 bits per heavy atom. The second-order valence-electron chi connectivity index (χ2n) is 4.28.